The number of nitrogens with zero attached hydrogens (tertiary/aromatic N) is 2. The maximum absolute atomic E-state index is 12.7. The smallest absolute Gasteiger partial charge is 0.253 e. The molecule has 166 valence electrons. The van der Waals surface area contributed by atoms with Crippen molar-refractivity contribution in [2.75, 3.05) is 61.7 Å². The topological polar surface area (TPSA) is 79.1 Å². The Labute approximate surface area is 183 Å². The molecule has 0 saturated carbocycles. The monoisotopic (exact) mass is 436 g/mol. The number of pyridine rings is 1. The largest absolute Gasteiger partial charge is 0.493 e. The number of methoxy groups -OCH3 is 3. The maximum Gasteiger partial charge on any atom is 0.253 e. The normalized spacial score (nSPS) is 11.0. The van der Waals surface area contributed by atoms with Gasteiger partial charge in [-0.3, -0.25) is 4.79 Å². The first-order chi connectivity index (χ1) is 14.4. The van der Waals surface area contributed by atoms with Gasteiger partial charge in [-0.05, 0) is 51.4 Å². The van der Waals surface area contributed by atoms with Crippen LogP contribution in [0.25, 0.3) is 10.9 Å². The Morgan fingerprint density at radius 3 is 2.43 bits per heavy atom. The number of H-pyrrole nitrogens is 1. The second-order valence-electron chi connectivity index (χ2n) is 7.22. The van der Waals surface area contributed by atoms with Crippen molar-refractivity contribution in [3.8, 4) is 11.5 Å². The number of thiocarbonyl (C=S) groups is 1. The summed E-state index contributed by atoms with van der Waals surface area (Å²) in [6.07, 6.45) is 0.926. The summed E-state index contributed by atoms with van der Waals surface area (Å²) in [6, 6.07) is 5.51. The highest BCUT2D eigenvalue weighted by Gasteiger charge is 2.15. The van der Waals surface area contributed by atoms with Crippen molar-refractivity contribution in [3.63, 3.8) is 0 Å². The number of fused-ring (bicyclic) bond motifs is 1. The van der Waals surface area contributed by atoms with Gasteiger partial charge in [-0.25, -0.2) is 0 Å². The molecule has 0 saturated heterocycles. The Hall–Kier alpha value is -2.36. The van der Waals surface area contributed by atoms with Gasteiger partial charge >= 0.3 is 0 Å². The van der Waals surface area contributed by atoms with Crippen LogP contribution >= 0.6 is 12.2 Å². The zero-order valence-corrected chi connectivity index (χ0v) is 19.2. The van der Waals surface area contributed by atoms with Gasteiger partial charge in [0.2, 0.25) is 0 Å². The number of benzene rings is 1. The number of ether oxygens (including phenoxy) is 3. The minimum absolute atomic E-state index is 0.146. The van der Waals surface area contributed by atoms with Crippen molar-refractivity contribution in [3.05, 3.63) is 34.1 Å². The Balaban J connectivity index is 2.28. The van der Waals surface area contributed by atoms with E-state index in [1.54, 1.807) is 27.4 Å². The summed E-state index contributed by atoms with van der Waals surface area (Å²) in [7, 11) is 8.88. The third kappa shape index (κ3) is 6.58. The van der Waals surface area contributed by atoms with Gasteiger partial charge < -0.3 is 34.3 Å². The number of aromatic amines is 1. The molecule has 0 atom stereocenters. The lowest BCUT2D eigenvalue weighted by molar-refractivity contribution is 0.202. The van der Waals surface area contributed by atoms with E-state index >= 15 is 0 Å². The van der Waals surface area contributed by atoms with Gasteiger partial charge in [-0.1, -0.05) is 0 Å². The molecular formula is C21H32N4O4S. The van der Waals surface area contributed by atoms with E-state index in [0.29, 0.717) is 47.4 Å². The molecule has 2 N–H and O–H groups in total. The zero-order chi connectivity index (χ0) is 22.1. The Bertz CT molecular complexity index is 900. The SMILES string of the molecule is COCCNC(=S)N(CCCN(C)C)Cc1cc2cc(OC)c(OC)cc2[nH]c1=O. The lowest BCUT2D eigenvalue weighted by atomic mass is 10.1. The lowest BCUT2D eigenvalue weighted by Crippen LogP contribution is -2.42. The van der Waals surface area contributed by atoms with Gasteiger partial charge in [-0.2, -0.15) is 0 Å². The third-order valence-corrected chi connectivity index (χ3v) is 5.09. The maximum atomic E-state index is 12.7. The van der Waals surface area contributed by atoms with Crippen LogP contribution < -0.4 is 20.3 Å². The molecule has 0 amide bonds. The van der Waals surface area contributed by atoms with Crippen LogP contribution in [0.15, 0.2) is 23.0 Å². The van der Waals surface area contributed by atoms with E-state index in [0.717, 1.165) is 24.9 Å². The van der Waals surface area contributed by atoms with Gasteiger partial charge in [0, 0.05) is 37.2 Å². The first kappa shape index (κ1) is 23.9. The molecule has 0 aliphatic heterocycles. The fraction of sp³-hybridized carbons (Fsp3) is 0.524. The van der Waals surface area contributed by atoms with Gasteiger partial charge in [0.1, 0.15) is 0 Å². The van der Waals surface area contributed by atoms with E-state index in [4.69, 9.17) is 26.4 Å². The number of hydrogen-bond acceptors (Lipinski definition) is 6. The van der Waals surface area contributed by atoms with Gasteiger partial charge in [-0.15, -0.1) is 0 Å². The summed E-state index contributed by atoms with van der Waals surface area (Å²) in [5.41, 5.74) is 1.18. The summed E-state index contributed by atoms with van der Waals surface area (Å²) >= 11 is 5.58. The Kier molecular flexibility index (Phi) is 9.35. The van der Waals surface area contributed by atoms with Crippen LogP contribution in [0.3, 0.4) is 0 Å². The van der Waals surface area contributed by atoms with Gasteiger partial charge in [0.25, 0.3) is 5.56 Å². The molecule has 8 nitrogen and oxygen atoms in total. The average Bonchev–Trinajstić information content (AvgIpc) is 2.72. The molecule has 2 aromatic rings. The van der Waals surface area contributed by atoms with Crippen molar-refractivity contribution in [2.45, 2.75) is 13.0 Å². The van der Waals surface area contributed by atoms with Crippen molar-refractivity contribution in [1.82, 2.24) is 20.1 Å². The molecule has 0 bridgehead atoms. The highest BCUT2D eigenvalue weighted by molar-refractivity contribution is 7.80. The Morgan fingerprint density at radius 1 is 1.10 bits per heavy atom. The first-order valence-corrected chi connectivity index (χ1v) is 10.2. The molecule has 1 heterocycles. The number of rotatable bonds is 11. The molecule has 2 rings (SSSR count). The second-order valence-corrected chi connectivity index (χ2v) is 7.61. The van der Waals surface area contributed by atoms with Crippen molar-refractivity contribution in [1.29, 1.82) is 0 Å². The molecule has 1 aromatic heterocycles. The summed E-state index contributed by atoms with van der Waals surface area (Å²) in [6.45, 7) is 3.25. The molecule has 0 aliphatic carbocycles. The molecule has 1 aromatic carbocycles. The first-order valence-electron chi connectivity index (χ1n) is 9.84. The summed E-state index contributed by atoms with van der Waals surface area (Å²) in [4.78, 5) is 19.8. The quantitative estimate of drug-likeness (QED) is 0.408. The van der Waals surface area contributed by atoms with Crippen LogP contribution in [0.4, 0.5) is 0 Å². The zero-order valence-electron chi connectivity index (χ0n) is 18.4. The number of nitrogens with one attached hydrogen (secondary N) is 2. The summed E-state index contributed by atoms with van der Waals surface area (Å²) in [5, 5.41) is 4.68. The minimum Gasteiger partial charge on any atom is -0.493 e. The predicted octanol–water partition coefficient (Wildman–Crippen LogP) is 1.82. The molecule has 9 heteroatoms. The minimum atomic E-state index is -0.146. The molecular weight excluding hydrogens is 404 g/mol. The predicted molar refractivity (Wildman–Crippen MR) is 124 cm³/mol. The Morgan fingerprint density at radius 2 is 1.80 bits per heavy atom. The van der Waals surface area contributed by atoms with Crippen LogP contribution in [-0.2, 0) is 11.3 Å². The molecule has 0 fully saturated rings. The van der Waals surface area contributed by atoms with Crippen molar-refractivity contribution >= 4 is 28.2 Å². The van der Waals surface area contributed by atoms with E-state index in [1.807, 2.05) is 31.1 Å². The van der Waals surface area contributed by atoms with Crippen molar-refractivity contribution < 1.29 is 14.2 Å². The number of hydrogen-bond donors (Lipinski definition) is 2. The van der Waals surface area contributed by atoms with Gasteiger partial charge in [0.05, 0.1) is 32.9 Å². The van der Waals surface area contributed by atoms with Crippen LogP contribution in [0, 0.1) is 0 Å². The number of aromatic nitrogens is 1. The molecule has 30 heavy (non-hydrogen) atoms. The van der Waals surface area contributed by atoms with E-state index < -0.39 is 0 Å². The van der Waals surface area contributed by atoms with E-state index in [-0.39, 0.29) is 5.56 Å². The highest BCUT2D eigenvalue weighted by atomic mass is 32.1. The molecule has 0 spiro atoms. The summed E-state index contributed by atoms with van der Waals surface area (Å²) < 4.78 is 15.8. The van der Waals surface area contributed by atoms with Crippen LogP contribution in [0.2, 0.25) is 0 Å². The van der Waals surface area contributed by atoms with Crippen LogP contribution in [0.5, 0.6) is 11.5 Å². The molecule has 0 aliphatic rings. The second kappa shape index (κ2) is 11.7. The molecule has 0 radical (unpaired) electrons. The fourth-order valence-electron chi connectivity index (χ4n) is 3.10. The van der Waals surface area contributed by atoms with Crippen LogP contribution in [0.1, 0.15) is 12.0 Å². The standard InChI is InChI=1S/C21H32N4O4S/c1-24(2)8-6-9-25(21(30)22-7-10-27-3)14-16-11-15-12-18(28-4)19(29-5)13-17(15)23-20(16)26/h11-13H,6-10,14H2,1-5H3,(H,22,30)(H,23,26). The average molecular weight is 437 g/mol. The van der Waals surface area contributed by atoms with E-state index in [2.05, 4.69) is 15.2 Å². The van der Waals surface area contributed by atoms with E-state index in [9.17, 15) is 4.79 Å². The van der Waals surface area contributed by atoms with Gasteiger partial charge in [0.15, 0.2) is 16.6 Å². The van der Waals surface area contributed by atoms with E-state index in [1.165, 1.54) is 0 Å². The van der Waals surface area contributed by atoms with Crippen molar-refractivity contribution in [2.24, 2.45) is 0 Å². The highest BCUT2D eigenvalue weighted by Crippen LogP contribution is 2.31. The van der Waals surface area contributed by atoms with Crippen LogP contribution in [-0.4, -0.2) is 81.6 Å². The fourth-order valence-corrected chi connectivity index (χ4v) is 3.36. The molecule has 0 unspecified atom stereocenters. The lowest BCUT2D eigenvalue weighted by Gasteiger charge is -2.26. The summed E-state index contributed by atoms with van der Waals surface area (Å²) in [5.74, 6) is 1.19. The third-order valence-electron chi connectivity index (χ3n) is 4.69.